The molecule has 20 heavy (non-hydrogen) atoms. The first kappa shape index (κ1) is 14.9. The van der Waals surface area contributed by atoms with Crippen molar-refractivity contribution in [2.75, 3.05) is 6.54 Å². The van der Waals surface area contributed by atoms with Gasteiger partial charge in [0.15, 0.2) is 0 Å². The van der Waals surface area contributed by atoms with Crippen molar-refractivity contribution in [1.29, 1.82) is 0 Å². The normalized spacial score (nSPS) is 23.1. The number of thiophene rings is 1. The summed E-state index contributed by atoms with van der Waals surface area (Å²) >= 11 is 1.09. The lowest BCUT2D eigenvalue weighted by Crippen LogP contribution is -2.49. The second kappa shape index (κ2) is 5.88. The Morgan fingerprint density at radius 2 is 2.40 bits per heavy atom. The van der Waals surface area contributed by atoms with Gasteiger partial charge in [0.05, 0.1) is 4.92 Å². The standard InChI is InChI=1S/C13H18N2O4S/c1-2-4-13(12(16)17)5-3-6-14(13)8-10-7-11(15(18)19)20-9-10/h7,9H,2-6,8H2,1H3,(H,16,17). The molecule has 1 aromatic heterocycles. The lowest BCUT2D eigenvalue weighted by molar-refractivity contribution is -0.380. The Balaban J connectivity index is 2.17. The number of carboxylic acids is 1. The van der Waals surface area contributed by atoms with Crippen LogP contribution in [0.15, 0.2) is 11.4 Å². The van der Waals surface area contributed by atoms with Crippen LogP contribution in [0.2, 0.25) is 0 Å². The van der Waals surface area contributed by atoms with E-state index in [2.05, 4.69) is 0 Å². The smallest absolute Gasteiger partial charge is 0.324 e. The number of carbonyl (C=O) groups is 1. The van der Waals surface area contributed by atoms with Crippen molar-refractivity contribution in [2.24, 2.45) is 0 Å². The second-order valence-corrected chi connectivity index (χ2v) is 6.05. The van der Waals surface area contributed by atoms with Crippen molar-refractivity contribution < 1.29 is 14.8 Å². The first-order valence-electron chi connectivity index (χ1n) is 6.70. The first-order chi connectivity index (χ1) is 9.49. The minimum Gasteiger partial charge on any atom is -0.480 e. The minimum absolute atomic E-state index is 0.107. The molecule has 1 aliphatic heterocycles. The summed E-state index contributed by atoms with van der Waals surface area (Å²) in [6.07, 6.45) is 2.95. The van der Waals surface area contributed by atoms with E-state index < -0.39 is 16.4 Å². The Bertz CT molecular complexity index is 516. The van der Waals surface area contributed by atoms with Gasteiger partial charge >= 0.3 is 11.0 Å². The molecule has 2 heterocycles. The topological polar surface area (TPSA) is 83.7 Å². The van der Waals surface area contributed by atoms with E-state index in [4.69, 9.17) is 0 Å². The molecule has 1 atom stereocenters. The molecular weight excluding hydrogens is 280 g/mol. The summed E-state index contributed by atoms with van der Waals surface area (Å²) in [5.41, 5.74) is 0.0242. The summed E-state index contributed by atoms with van der Waals surface area (Å²) < 4.78 is 0. The molecule has 2 rings (SSSR count). The van der Waals surface area contributed by atoms with Crippen molar-refractivity contribution in [1.82, 2.24) is 4.90 Å². The lowest BCUT2D eigenvalue weighted by atomic mass is 9.90. The van der Waals surface area contributed by atoms with E-state index in [1.807, 2.05) is 11.8 Å². The molecule has 6 nitrogen and oxygen atoms in total. The van der Waals surface area contributed by atoms with Crippen LogP contribution in [0.25, 0.3) is 0 Å². The van der Waals surface area contributed by atoms with Crippen molar-refractivity contribution in [3.8, 4) is 0 Å². The maximum atomic E-state index is 11.7. The number of aliphatic carboxylic acids is 1. The fourth-order valence-electron chi connectivity index (χ4n) is 2.97. The van der Waals surface area contributed by atoms with Crippen LogP contribution in [-0.2, 0) is 11.3 Å². The van der Waals surface area contributed by atoms with Crippen molar-refractivity contribution in [3.05, 3.63) is 27.1 Å². The van der Waals surface area contributed by atoms with Gasteiger partial charge in [0.2, 0.25) is 0 Å². The highest BCUT2D eigenvalue weighted by Crippen LogP contribution is 2.36. The molecule has 0 aliphatic carbocycles. The number of nitro groups is 1. The molecule has 0 aromatic carbocycles. The highest BCUT2D eigenvalue weighted by molar-refractivity contribution is 7.13. The Labute approximate surface area is 121 Å². The number of hydrogen-bond acceptors (Lipinski definition) is 5. The third kappa shape index (κ3) is 2.69. The molecule has 110 valence electrons. The van der Waals surface area contributed by atoms with Gasteiger partial charge in [-0.1, -0.05) is 24.7 Å². The van der Waals surface area contributed by atoms with E-state index in [1.54, 1.807) is 11.4 Å². The maximum Gasteiger partial charge on any atom is 0.324 e. The first-order valence-corrected chi connectivity index (χ1v) is 7.58. The molecule has 1 fully saturated rings. The molecule has 0 amide bonds. The van der Waals surface area contributed by atoms with Crippen LogP contribution in [0.1, 0.15) is 38.2 Å². The summed E-state index contributed by atoms with van der Waals surface area (Å²) in [5, 5.41) is 22.1. The number of carboxylic acid groups (broad SMARTS) is 1. The summed E-state index contributed by atoms with van der Waals surface area (Å²) in [7, 11) is 0. The molecule has 7 heteroatoms. The second-order valence-electron chi connectivity index (χ2n) is 5.16. The van der Waals surface area contributed by atoms with Crippen LogP contribution in [0.5, 0.6) is 0 Å². The van der Waals surface area contributed by atoms with Gasteiger partial charge in [-0.15, -0.1) is 0 Å². The molecule has 0 radical (unpaired) electrons. The van der Waals surface area contributed by atoms with Crippen LogP contribution in [-0.4, -0.2) is 33.0 Å². The van der Waals surface area contributed by atoms with Gasteiger partial charge in [-0.05, 0) is 31.4 Å². The molecule has 0 spiro atoms. The van der Waals surface area contributed by atoms with E-state index >= 15 is 0 Å². The largest absolute Gasteiger partial charge is 0.480 e. The third-order valence-electron chi connectivity index (χ3n) is 3.88. The van der Waals surface area contributed by atoms with E-state index in [9.17, 15) is 20.0 Å². The molecule has 1 aliphatic rings. The quantitative estimate of drug-likeness (QED) is 0.645. The van der Waals surface area contributed by atoms with Crippen LogP contribution >= 0.6 is 11.3 Å². The maximum absolute atomic E-state index is 11.7. The van der Waals surface area contributed by atoms with E-state index in [1.165, 1.54) is 0 Å². The van der Waals surface area contributed by atoms with Crippen molar-refractivity contribution in [2.45, 2.75) is 44.7 Å². The number of likely N-dealkylation sites (tertiary alicyclic amines) is 1. The van der Waals surface area contributed by atoms with Crippen LogP contribution in [0, 0.1) is 10.1 Å². The highest BCUT2D eigenvalue weighted by Gasteiger charge is 2.46. The van der Waals surface area contributed by atoms with Crippen LogP contribution in [0.4, 0.5) is 5.00 Å². The molecular formula is C13H18N2O4S. The monoisotopic (exact) mass is 298 g/mol. The van der Waals surface area contributed by atoms with Gasteiger partial charge < -0.3 is 5.11 Å². The number of nitrogens with zero attached hydrogens (tertiary/aromatic N) is 2. The Morgan fingerprint density at radius 1 is 1.65 bits per heavy atom. The number of hydrogen-bond donors (Lipinski definition) is 1. The lowest BCUT2D eigenvalue weighted by Gasteiger charge is -2.34. The zero-order chi connectivity index (χ0) is 14.8. The Kier molecular flexibility index (Phi) is 4.39. The average molecular weight is 298 g/mol. The molecule has 0 saturated carbocycles. The minimum atomic E-state index is -0.800. The summed E-state index contributed by atoms with van der Waals surface area (Å²) in [5.74, 6) is -0.776. The Hall–Kier alpha value is -1.47. The van der Waals surface area contributed by atoms with Crippen molar-refractivity contribution >= 4 is 22.3 Å². The van der Waals surface area contributed by atoms with Gasteiger partial charge in [-0.3, -0.25) is 19.8 Å². The highest BCUT2D eigenvalue weighted by atomic mass is 32.1. The summed E-state index contributed by atoms with van der Waals surface area (Å²) in [4.78, 5) is 23.9. The zero-order valence-corrected chi connectivity index (χ0v) is 12.2. The van der Waals surface area contributed by atoms with Crippen LogP contribution < -0.4 is 0 Å². The van der Waals surface area contributed by atoms with Crippen LogP contribution in [0.3, 0.4) is 0 Å². The molecule has 0 bridgehead atoms. The predicted octanol–water partition coefficient (Wildman–Crippen LogP) is 2.88. The fourth-order valence-corrected chi connectivity index (χ4v) is 3.69. The van der Waals surface area contributed by atoms with Crippen molar-refractivity contribution in [3.63, 3.8) is 0 Å². The SMILES string of the molecule is CCCC1(C(=O)O)CCCN1Cc1csc([N+](=O)[O-])c1. The molecule has 1 unspecified atom stereocenters. The molecule has 1 saturated heterocycles. The fraction of sp³-hybridized carbons (Fsp3) is 0.615. The van der Waals surface area contributed by atoms with Gasteiger partial charge in [0, 0.05) is 18.0 Å². The van der Waals surface area contributed by atoms with E-state index in [0.717, 1.165) is 36.3 Å². The Morgan fingerprint density at radius 3 is 2.95 bits per heavy atom. The van der Waals surface area contributed by atoms with Gasteiger partial charge in [-0.2, -0.15) is 0 Å². The predicted molar refractivity (Wildman–Crippen MR) is 75.9 cm³/mol. The zero-order valence-electron chi connectivity index (χ0n) is 11.4. The van der Waals surface area contributed by atoms with Gasteiger partial charge in [-0.25, -0.2) is 0 Å². The molecule has 1 N–H and O–H groups in total. The molecule has 1 aromatic rings. The average Bonchev–Trinajstić information content (AvgIpc) is 2.99. The summed E-state index contributed by atoms with van der Waals surface area (Å²) in [6.45, 7) is 3.18. The third-order valence-corrected chi connectivity index (χ3v) is 4.81. The summed E-state index contributed by atoms with van der Waals surface area (Å²) in [6, 6.07) is 1.54. The van der Waals surface area contributed by atoms with Gasteiger partial charge in [0.1, 0.15) is 5.54 Å². The van der Waals surface area contributed by atoms with Gasteiger partial charge in [0.25, 0.3) is 0 Å². The number of rotatable bonds is 6. The van der Waals surface area contributed by atoms with E-state index in [-0.39, 0.29) is 5.00 Å². The van der Waals surface area contributed by atoms with E-state index in [0.29, 0.717) is 19.4 Å².